The van der Waals surface area contributed by atoms with Crippen molar-refractivity contribution in [1.29, 1.82) is 0 Å². The summed E-state index contributed by atoms with van der Waals surface area (Å²) in [5.74, 6) is 0. The quantitative estimate of drug-likeness (QED) is 0.837. The number of aliphatic hydroxyl groups is 1. The van der Waals surface area contributed by atoms with Gasteiger partial charge in [0.05, 0.1) is 10.5 Å². The molecule has 0 aromatic heterocycles. The van der Waals surface area contributed by atoms with E-state index in [0.29, 0.717) is 16.0 Å². The molecule has 0 heterocycles. The lowest BCUT2D eigenvalue weighted by Crippen LogP contribution is -2.16. The summed E-state index contributed by atoms with van der Waals surface area (Å²) in [6.07, 6.45) is 1.18. The predicted octanol–water partition coefficient (Wildman–Crippen LogP) is 1.63. The molecular weight excluding hydrogens is 212 g/mol. The van der Waals surface area contributed by atoms with Crippen molar-refractivity contribution >= 4 is 9.84 Å². The molecule has 0 amide bonds. The molecule has 1 aromatic rings. The van der Waals surface area contributed by atoms with Crippen LogP contribution in [0.2, 0.25) is 0 Å². The van der Waals surface area contributed by atoms with Crippen LogP contribution in [0.3, 0.4) is 0 Å². The number of rotatable bonds is 2. The molecule has 0 aliphatic heterocycles. The van der Waals surface area contributed by atoms with Crippen LogP contribution in [0, 0.1) is 6.92 Å². The fourth-order valence-corrected chi connectivity index (χ4v) is 2.41. The Labute approximate surface area is 90.7 Å². The van der Waals surface area contributed by atoms with Gasteiger partial charge in [-0.2, -0.15) is 0 Å². The summed E-state index contributed by atoms with van der Waals surface area (Å²) < 4.78 is 22.7. The third-order valence-electron chi connectivity index (χ3n) is 2.28. The average molecular weight is 228 g/mol. The van der Waals surface area contributed by atoms with E-state index >= 15 is 0 Å². The predicted molar refractivity (Wildman–Crippen MR) is 59.5 cm³/mol. The van der Waals surface area contributed by atoms with Crippen LogP contribution in [-0.4, -0.2) is 19.8 Å². The molecule has 15 heavy (non-hydrogen) atoms. The van der Waals surface area contributed by atoms with Crippen molar-refractivity contribution in [3.8, 4) is 0 Å². The van der Waals surface area contributed by atoms with Crippen molar-refractivity contribution in [3.63, 3.8) is 0 Å². The van der Waals surface area contributed by atoms with Crippen molar-refractivity contribution in [3.05, 3.63) is 29.3 Å². The summed E-state index contributed by atoms with van der Waals surface area (Å²) in [6.45, 7) is 5.06. The molecule has 0 saturated heterocycles. The fourth-order valence-electron chi connectivity index (χ4n) is 1.45. The minimum Gasteiger partial charge on any atom is -0.386 e. The van der Waals surface area contributed by atoms with Crippen molar-refractivity contribution in [2.24, 2.45) is 0 Å². The average Bonchev–Trinajstić information content (AvgIpc) is 1.99. The first kappa shape index (κ1) is 12.2. The van der Waals surface area contributed by atoms with Gasteiger partial charge in [0.1, 0.15) is 0 Å². The second-order valence-corrected chi connectivity index (χ2v) is 6.30. The van der Waals surface area contributed by atoms with E-state index in [4.69, 9.17) is 0 Å². The van der Waals surface area contributed by atoms with E-state index in [9.17, 15) is 13.5 Å². The van der Waals surface area contributed by atoms with Gasteiger partial charge in [-0.25, -0.2) is 8.42 Å². The molecule has 0 saturated carbocycles. The first-order valence-electron chi connectivity index (χ1n) is 4.66. The molecule has 0 radical (unpaired) electrons. The molecule has 0 aliphatic rings. The summed E-state index contributed by atoms with van der Waals surface area (Å²) in [6, 6.07) is 4.89. The van der Waals surface area contributed by atoms with Gasteiger partial charge in [0, 0.05) is 6.26 Å². The number of hydrogen-bond acceptors (Lipinski definition) is 3. The third-order valence-corrected chi connectivity index (χ3v) is 3.54. The van der Waals surface area contributed by atoms with E-state index < -0.39 is 15.4 Å². The third kappa shape index (κ3) is 2.79. The summed E-state index contributed by atoms with van der Waals surface area (Å²) in [7, 11) is -3.18. The molecule has 0 fully saturated rings. The number of hydrogen-bond donors (Lipinski definition) is 1. The molecule has 0 aliphatic carbocycles. The molecule has 84 valence electrons. The van der Waals surface area contributed by atoms with Crippen LogP contribution in [0.5, 0.6) is 0 Å². The summed E-state index contributed by atoms with van der Waals surface area (Å²) >= 11 is 0. The van der Waals surface area contributed by atoms with E-state index in [2.05, 4.69) is 0 Å². The van der Waals surface area contributed by atoms with Crippen LogP contribution in [0.1, 0.15) is 25.0 Å². The van der Waals surface area contributed by atoms with Gasteiger partial charge in [-0.05, 0) is 38.0 Å². The van der Waals surface area contributed by atoms with E-state index in [1.165, 1.54) is 12.3 Å². The van der Waals surface area contributed by atoms with Gasteiger partial charge in [-0.3, -0.25) is 0 Å². The highest BCUT2D eigenvalue weighted by Crippen LogP contribution is 2.24. The first-order valence-corrected chi connectivity index (χ1v) is 6.55. The highest BCUT2D eigenvalue weighted by Gasteiger charge is 2.18. The SMILES string of the molecule is Cc1cc(C(C)(C)O)ccc1S(C)(=O)=O. The molecule has 1 N–H and O–H groups in total. The lowest BCUT2D eigenvalue weighted by atomic mass is 9.97. The van der Waals surface area contributed by atoms with E-state index in [1.807, 2.05) is 0 Å². The summed E-state index contributed by atoms with van der Waals surface area (Å²) in [4.78, 5) is 0.315. The van der Waals surface area contributed by atoms with Crippen LogP contribution in [0.25, 0.3) is 0 Å². The number of benzene rings is 1. The van der Waals surface area contributed by atoms with Gasteiger partial charge < -0.3 is 5.11 Å². The standard InChI is InChI=1S/C11H16O3S/c1-8-7-9(11(2,3)12)5-6-10(8)15(4,13)14/h5-7,12H,1-4H3. The molecule has 1 aromatic carbocycles. The second-order valence-electron chi connectivity index (χ2n) is 4.31. The lowest BCUT2D eigenvalue weighted by molar-refractivity contribution is 0.0784. The van der Waals surface area contributed by atoms with E-state index in [0.717, 1.165) is 0 Å². The van der Waals surface area contributed by atoms with Crippen LogP contribution in [-0.2, 0) is 15.4 Å². The maximum atomic E-state index is 11.4. The fraction of sp³-hybridized carbons (Fsp3) is 0.455. The maximum absolute atomic E-state index is 11.4. The van der Waals surface area contributed by atoms with E-state index in [1.54, 1.807) is 32.9 Å². The Morgan fingerprint density at radius 2 is 1.80 bits per heavy atom. The Morgan fingerprint density at radius 1 is 1.27 bits per heavy atom. The molecule has 0 spiro atoms. The van der Waals surface area contributed by atoms with Gasteiger partial charge in [-0.1, -0.05) is 12.1 Å². The number of aryl methyl sites for hydroxylation is 1. The van der Waals surface area contributed by atoms with Crippen LogP contribution in [0.15, 0.2) is 23.1 Å². The molecule has 1 rings (SSSR count). The first-order chi connectivity index (χ1) is 6.62. The normalized spacial score (nSPS) is 12.9. The smallest absolute Gasteiger partial charge is 0.175 e. The van der Waals surface area contributed by atoms with Gasteiger partial charge >= 0.3 is 0 Å². The zero-order chi connectivity index (χ0) is 11.9. The van der Waals surface area contributed by atoms with Gasteiger partial charge in [0.25, 0.3) is 0 Å². The lowest BCUT2D eigenvalue weighted by Gasteiger charge is -2.19. The van der Waals surface area contributed by atoms with Crippen LogP contribution in [0.4, 0.5) is 0 Å². The Morgan fingerprint density at radius 3 is 2.13 bits per heavy atom. The Kier molecular flexibility index (Phi) is 2.94. The Hall–Kier alpha value is -0.870. The van der Waals surface area contributed by atoms with Crippen LogP contribution < -0.4 is 0 Å². The van der Waals surface area contributed by atoms with Gasteiger partial charge in [0.15, 0.2) is 9.84 Å². The summed E-state index contributed by atoms with van der Waals surface area (Å²) in [5, 5.41) is 9.76. The van der Waals surface area contributed by atoms with Gasteiger partial charge in [-0.15, -0.1) is 0 Å². The second kappa shape index (κ2) is 3.61. The minimum absolute atomic E-state index is 0.315. The largest absolute Gasteiger partial charge is 0.386 e. The monoisotopic (exact) mass is 228 g/mol. The van der Waals surface area contributed by atoms with E-state index in [-0.39, 0.29) is 0 Å². The summed E-state index contributed by atoms with van der Waals surface area (Å²) in [5.41, 5.74) is 0.436. The molecule has 3 nitrogen and oxygen atoms in total. The number of sulfone groups is 1. The topological polar surface area (TPSA) is 54.4 Å². The van der Waals surface area contributed by atoms with Crippen molar-refractivity contribution < 1.29 is 13.5 Å². The van der Waals surface area contributed by atoms with Crippen LogP contribution >= 0.6 is 0 Å². The highest BCUT2D eigenvalue weighted by molar-refractivity contribution is 7.90. The zero-order valence-electron chi connectivity index (χ0n) is 9.40. The molecule has 4 heteroatoms. The Bertz CT molecular complexity index is 467. The maximum Gasteiger partial charge on any atom is 0.175 e. The minimum atomic E-state index is -3.18. The van der Waals surface area contributed by atoms with Gasteiger partial charge in [0.2, 0.25) is 0 Å². The van der Waals surface area contributed by atoms with Crippen molar-refractivity contribution in [2.45, 2.75) is 31.3 Å². The molecular formula is C11H16O3S. The highest BCUT2D eigenvalue weighted by atomic mass is 32.2. The van der Waals surface area contributed by atoms with Crippen molar-refractivity contribution in [1.82, 2.24) is 0 Å². The van der Waals surface area contributed by atoms with Crippen molar-refractivity contribution in [2.75, 3.05) is 6.26 Å². The molecule has 0 unspecified atom stereocenters. The molecule has 0 bridgehead atoms. The zero-order valence-corrected chi connectivity index (χ0v) is 10.2. The molecule has 0 atom stereocenters. The Balaban J connectivity index is 3.34.